The van der Waals surface area contributed by atoms with Crippen LogP contribution in [0.5, 0.6) is 0 Å². The molecule has 1 N–H and O–H groups in total. The molecule has 5 rings (SSSR count). The molecular formula is C25H31ClN6O3. The van der Waals surface area contributed by atoms with Gasteiger partial charge in [-0.05, 0) is 25.7 Å². The van der Waals surface area contributed by atoms with Gasteiger partial charge in [0.2, 0.25) is 5.95 Å². The van der Waals surface area contributed by atoms with E-state index in [1.165, 1.54) is 4.57 Å². The number of hydrogen-bond acceptors (Lipinski definition) is 6. The lowest BCUT2D eigenvalue weighted by Crippen LogP contribution is -2.41. The minimum absolute atomic E-state index is 0. The first-order valence-electron chi connectivity index (χ1n) is 11.7. The van der Waals surface area contributed by atoms with Gasteiger partial charge >= 0.3 is 5.69 Å². The summed E-state index contributed by atoms with van der Waals surface area (Å²) in [5.41, 5.74) is 1.27. The third-order valence-electron chi connectivity index (χ3n) is 6.96. The van der Waals surface area contributed by atoms with Gasteiger partial charge in [-0.15, -0.1) is 12.4 Å². The number of aryl methyl sites for hydroxylation is 1. The van der Waals surface area contributed by atoms with Crippen molar-refractivity contribution in [3.05, 3.63) is 68.4 Å². The molecule has 0 bridgehead atoms. The highest BCUT2D eigenvalue weighted by molar-refractivity contribution is 5.95. The van der Waals surface area contributed by atoms with Crippen molar-refractivity contribution in [1.82, 2.24) is 24.0 Å². The molecule has 9 nitrogen and oxygen atoms in total. The minimum Gasteiger partial charge on any atom is -0.341 e. The Kier molecular flexibility index (Phi) is 7.00. The summed E-state index contributed by atoms with van der Waals surface area (Å²) in [6.07, 6.45) is 2.05. The summed E-state index contributed by atoms with van der Waals surface area (Å²) in [5.74, 6) is 1.54. The fourth-order valence-electron chi connectivity index (χ4n) is 5.07. The summed E-state index contributed by atoms with van der Waals surface area (Å²) in [6.45, 7) is 7.89. The predicted molar refractivity (Wildman–Crippen MR) is 139 cm³/mol. The van der Waals surface area contributed by atoms with Gasteiger partial charge < -0.3 is 14.8 Å². The Hall–Kier alpha value is -3.17. The number of ketones is 1. The van der Waals surface area contributed by atoms with Crippen LogP contribution in [-0.2, 0) is 20.1 Å². The van der Waals surface area contributed by atoms with Crippen molar-refractivity contribution < 1.29 is 4.79 Å². The molecule has 2 fully saturated rings. The highest BCUT2D eigenvalue weighted by Gasteiger charge is 2.38. The van der Waals surface area contributed by atoms with Crippen molar-refractivity contribution in [3.8, 4) is 0 Å². The van der Waals surface area contributed by atoms with Crippen LogP contribution in [0.15, 0.2) is 51.6 Å². The summed E-state index contributed by atoms with van der Waals surface area (Å²) < 4.78 is 4.32. The Bertz CT molecular complexity index is 1390. The molecule has 35 heavy (non-hydrogen) atoms. The SMILES string of the molecule is CC(C)=CCn1c(N2C[C@H]3CNC[C@H]3C2)nc2c1c(=O)n(CC(=O)c1ccccc1)c(=O)n2C.Cl. The monoisotopic (exact) mass is 498 g/mol. The number of carbonyl (C=O) groups is 1. The molecular weight excluding hydrogens is 468 g/mol. The number of nitrogens with zero attached hydrogens (tertiary/aromatic N) is 5. The second-order valence-corrected chi connectivity index (χ2v) is 9.58. The van der Waals surface area contributed by atoms with Gasteiger partial charge in [-0.2, -0.15) is 4.98 Å². The molecule has 10 heteroatoms. The van der Waals surface area contributed by atoms with Crippen molar-refractivity contribution >= 4 is 35.3 Å². The average Bonchev–Trinajstić information content (AvgIpc) is 3.52. The van der Waals surface area contributed by atoms with Gasteiger partial charge in [-0.1, -0.05) is 42.0 Å². The Morgan fingerprint density at radius 1 is 1.09 bits per heavy atom. The molecule has 0 spiro atoms. The van der Waals surface area contributed by atoms with Crippen LogP contribution in [0, 0.1) is 11.8 Å². The largest absolute Gasteiger partial charge is 0.341 e. The van der Waals surface area contributed by atoms with Crippen LogP contribution in [0.2, 0.25) is 0 Å². The van der Waals surface area contributed by atoms with Crippen LogP contribution in [-0.4, -0.2) is 50.6 Å². The molecule has 2 aliphatic heterocycles. The van der Waals surface area contributed by atoms with Crippen molar-refractivity contribution in [2.45, 2.75) is 26.9 Å². The lowest BCUT2D eigenvalue weighted by atomic mass is 10.0. The van der Waals surface area contributed by atoms with Gasteiger partial charge in [0.25, 0.3) is 5.56 Å². The maximum absolute atomic E-state index is 13.6. The lowest BCUT2D eigenvalue weighted by Gasteiger charge is -2.19. The van der Waals surface area contributed by atoms with Gasteiger partial charge in [0.05, 0.1) is 6.54 Å². The summed E-state index contributed by atoms with van der Waals surface area (Å²) in [6, 6.07) is 8.72. The highest BCUT2D eigenvalue weighted by Crippen LogP contribution is 2.31. The molecule has 0 unspecified atom stereocenters. The third-order valence-corrected chi connectivity index (χ3v) is 6.96. The van der Waals surface area contributed by atoms with E-state index in [1.54, 1.807) is 31.3 Å². The molecule has 2 saturated heterocycles. The zero-order chi connectivity index (χ0) is 24.0. The van der Waals surface area contributed by atoms with E-state index in [4.69, 9.17) is 4.98 Å². The lowest BCUT2D eigenvalue weighted by molar-refractivity contribution is 0.0969. The summed E-state index contributed by atoms with van der Waals surface area (Å²) >= 11 is 0. The highest BCUT2D eigenvalue weighted by atomic mass is 35.5. The van der Waals surface area contributed by atoms with Gasteiger partial charge in [-0.25, -0.2) is 4.79 Å². The Morgan fingerprint density at radius 3 is 2.37 bits per heavy atom. The summed E-state index contributed by atoms with van der Waals surface area (Å²) in [4.78, 5) is 46.6. The van der Waals surface area contributed by atoms with Crippen LogP contribution < -0.4 is 21.5 Å². The van der Waals surface area contributed by atoms with E-state index in [1.807, 2.05) is 30.6 Å². The fourth-order valence-corrected chi connectivity index (χ4v) is 5.07. The van der Waals surface area contributed by atoms with E-state index in [0.717, 1.165) is 36.3 Å². The molecule has 0 aliphatic carbocycles. The van der Waals surface area contributed by atoms with E-state index < -0.39 is 11.2 Å². The van der Waals surface area contributed by atoms with E-state index in [-0.39, 0.29) is 24.7 Å². The van der Waals surface area contributed by atoms with Crippen molar-refractivity contribution in [3.63, 3.8) is 0 Å². The topological polar surface area (TPSA) is 94.2 Å². The Labute approximate surface area is 209 Å². The molecule has 3 aromatic rings. The predicted octanol–water partition coefficient (Wildman–Crippen LogP) is 1.82. The second-order valence-electron chi connectivity index (χ2n) is 9.58. The van der Waals surface area contributed by atoms with E-state index in [9.17, 15) is 14.4 Å². The van der Waals surface area contributed by atoms with Crippen LogP contribution in [0.4, 0.5) is 5.95 Å². The normalized spacial score (nSPS) is 19.0. The smallest absolute Gasteiger partial charge is 0.332 e. The first-order chi connectivity index (χ1) is 16.3. The zero-order valence-corrected chi connectivity index (χ0v) is 21.0. The Balaban J connectivity index is 0.00000289. The standard InChI is InChI=1S/C25H30N6O3.ClH/c1-16(2)9-10-30-21-22(27-24(30)29-13-18-11-26-12-19(18)14-29)28(3)25(34)31(23(21)33)15-20(32)17-7-5-4-6-8-17;/h4-9,18-19,26H,10-15H2,1-3H3;1H/t18-,19+;. The molecule has 2 aromatic heterocycles. The van der Waals surface area contributed by atoms with Crippen molar-refractivity contribution in [2.75, 3.05) is 31.1 Å². The quantitative estimate of drug-likeness (QED) is 0.411. The number of nitrogens with one attached hydrogen (secondary N) is 1. The van der Waals surface area contributed by atoms with Crippen LogP contribution >= 0.6 is 12.4 Å². The van der Waals surface area contributed by atoms with Gasteiger partial charge in [0, 0.05) is 45.3 Å². The number of allylic oxidation sites excluding steroid dienone is 2. The van der Waals surface area contributed by atoms with Crippen molar-refractivity contribution in [2.24, 2.45) is 18.9 Å². The number of imidazole rings is 1. The number of aromatic nitrogens is 4. The number of halogens is 1. The maximum atomic E-state index is 13.6. The number of hydrogen-bond donors (Lipinski definition) is 1. The van der Waals surface area contributed by atoms with E-state index >= 15 is 0 Å². The number of fused-ring (bicyclic) bond motifs is 2. The number of anilines is 1. The second kappa shape index (κ2) is 9.83. The number of Topliss-reactive ketones (excluding diaryl/α,β-unsaturated/α-hetero) is 1. The number of rotatable bonds is 6. The number of benzene rings is 1. The first-order valence-corrected chi connectivity index (χ1v) is 11.7. The van der Waals surface area contributed by atoms with E-state index in [2.05, 4.69) is 10.2 Å². The van der Waals surface area contributed by atoms with Gasteiger partial charge in [-0.3, -0.25) is 18.7 Å². The number of carbonyl (C=O) groups excluding carboxylic acids is 1. The Morgan fingerprint density at radius 2 is 1.74 bits per heavy atom. The molecule has 0 radical (unpaired) electrons. The first kappa shape index (κ1) is 24.9. The molecule has 186 valence electrons. The van der Waals surface area contributed by atoms with Crippen LogP contribution in [0.25, 0.3) is 11.2 Å². The molecule has 0 saturated carbocycles. The van der Waals surface area contributed by atoms with E-state index in [0.29, 0.717) is 41.1 Å². The van der Waals surface area contributed by atoms with Gasteiger partial charge in [0.15, 0.2) is 16.9 Å². The van der Waals surface area contributed by atoms with Crippen LogP contribution in [0.3, 0.4) is 0 Å². The summed E-state index contributed by atoms with van der Waals surface area (Å²) in [7, 11) is 1.61. The maximum Gasteiger partial charge on any atom is 0.332 e. The molecule has 2 atom stereocenters. The van der Waals surface area contributed by atoms with Crippen molar-refractivity contribution in [1.29, 1.82) is 0 Å². The van der Waals surface area contributed by atoms with Gasteiger partial charge in [0.1, 0.15) is 0 Å². The third kappa shape index (κ3) is 4.46. The summed E-state index contributed by atoms with van der Waals surface area (Å²) in [5, 5.41) is 3.45. The average molecular weight is 499 g/mol. The molecule has 0 amide bonds. The fraction of sp³-hybridized carbons (Fsp3) is 0.440. The van der Waals surface area contributed by atoms with Crippen LogP contribution in [0.1, 0.15) is 24.2 Å². The molecule has 2 aliphatic rings. The molecule has 4 heterocycles. The molecule has 1 aromatic carbocycles. The zero-order valence-electron chi connectivity index (χ0n) is 20.2. The minimum atomic E-state index is -0.539.